The molecule has 1 fully saturated rings. The molecular weight excluding hydrogens is 364 g/mol. The van der Waals surface area contributed by atoms with Crippen LogP contribution in [-0.4, -0.2) is 47.3 Å². The Morgan fingerprint density at radius 1 is 1.29 bits per heavy atom. The van der Waals surface area contributed by atoms with Gasteiger partial charge in [0, 0.05) is 24.1 Å². The molecule has 2 aromatic rings. The lowest BCUT2D eigenvalue weighted by Crippen LogP contribution is -2.46. The molecular formula is C20H22N2O6. The number of non-ortho nitro benzene ring substituents is 1. The molecule has 1 aliphatic rings. The molecule has 2 atom stereocenters. The summed E-state index contributed by atoms with van der Waals surface area (Å²) in [4.78, 5) is 24.2. The molecule has 1 saturated heterocycles. The van der Waals surface area contributed by atoms with Gasteiger partial charge in [-0.1, -0.05) is 30.3 Å². The van der Waals surface area contributed by atoms with E-state index in [1.54, 1.807) is 6.07 Å². The Labute approximate surface area is 162 Å². The van der Waals surface area contributed by atoms with Crippen molar-refractivity contribution in [3.63, 3.8) is 0 Å². The molecule has 1 aliphatic heterocycles. The fraction of sp³-hybridized carbons (Fsp3) is 0.350. The molecule has 0 bridgehead atoms. The van der Waals surface area contributed by atoms with Crippen LogP contribution in [0.3, 0.4) is 0 Å². The maximum atomic E-state index is 12.3. The minimum atomic E-state index is -0.826. The molecule has 0 aliphatic carbocycles. The lowest BCUT2D eigenvalue weighted by atomic mass is 9.86. The molecule has 3 rings (SSSR count). The molecule has 1 heterocycles. The van der Waals surface area contributed by atoms with Gasteiger partial charge in [0.1, 0.15) is 12.4 Å². The van der Waals surface area contributed by atoms with Gasteiger partial charge in [0.2, 0.25) is 0 Å². The molecule has 28 heavy (non-hydrogen) atoms. The van der Waals surface area contributed by atoms with E-state index >= 15 is 0 Å². The summed E-state index contributed by atoms with van der Waals surface area (Å²) >= 11 is 0. The number of aliphatic hydroxyl groups excluding tert-OH is 1. The Morgan fingerprint density at radius 3 is 2.68 bits per heavy atom. The molecule has 2 unspecified atom stereocenters. The second kappa shape index (κ2) is 8.71. The number of piperidine rings is 1. The number of carbonyl (C=O) groups excluding carboxylic acids is 1. The zero-order valence-corrected chi connectivity index (χ0v) is 15.5. The first-order valence-corrected chi connectivity index (χ1v) is 8.95. The van der Waals surface area contributed by atoms with Crippen LogP contribution < -0.4 is 4.74 Å². The largest absolute Gasteiger partial charge is 0.496 e. The van der Waals surface area contributed by atoms with Crippen molar-refractivity contribution in [2.75, 3.05) is 20.2 Å². The summed E-state index contributed by atoms with van der Waals surface area (Å²) in [6, 6.07) is 13.7. The van der Waals surface area contributed by atoms with Crippen LogP contribution in [-0.2, 0) is 11.3 Å². The molecule has 8 heteroatoms. The number of likely N-dealkylation sites (tertiary alicyclic amines) is 1. The minimum absolute atomic E-state index is 0.0722. The van der Waals surface area contributed by atoms with Crippen molar-refractivity contribution in [3.8, 4) is 5.75 Å². The second-order valence-corrected chi connectivity index (χ2v) is 6.63. The van der Waals surface area contributed by atoms with Crippen LogP contribution in [0.2, 0.25) is 0 Å². The van der Waals surface area contributed by atoms with E-state index in [4.69, 9.17) is 9.47 Å². The van der Waals surface area contributed by atoms with E-state index in [1.807, 2.05) is 30.3 Å². The normalized spacial score (nSPS) is 19.1. The number of hydrogen-bond acceptors (Lipinski definition) is 6. The SMILES string of the molecule is COc1cc([N+](=O)[O-])ccc1C1CCN(C(=O)OCc2ccccc2)CC1O. The maximum absolute atomic E-state index is 12.3. The van der Waals surface area contributed by atoms with E-state index < -0.39 is 17.1 Å². The summed E-state index contributed by atoms with van der Waals surface area (Å²) < 4.78 is 10.6. The van der Waals surface area contributed by atoms with Crippen LogP contribution in [0.25, 0.3) is 0 Å². The van der Waals surface area contributed by atoms with Crippen molar-refractivity contribution in [2.45, 2.75) is 25.0 Å². The number of nitro groups is 1. The molecule has 148 valence electrons. The highest BCUT2D eigenvalue weighted by atomic mass is 16.6. The predicted molar refractivity (Wildman–Crippen MR) is 101 cm³/mol. The highest BCUT2D eigenvalue weighted by Crippen LogP contribution is 2.36. The second-order valence-electron chi connectivity index (χ2n) is 6.63. The number of ether oxygens (including phenoxy) is 2. The van der Waals surface area contributed by atoms with Gasteiger partial charge in [-0.15, -0.1) is 0 Å². The fourth-order valence-corrected chi connectivity index (χ4v) is 3.39. The molecule has 1 N–H and O–H groups in total. The van der Waals surface area contributed by atoms with Gasteiger partial charge in [-0.05, 0) is 18.1 Å². The van der Waals surface area contributed by atoms with Gasteiger partial charge in [0.05, 0.1) is 30.7 Å². The van der Waals surface area contributed by atoms with E-state index in [1.165, 1.54) is 24.1 Å². The van der Waals surface area contributed by atoms with E-state index in [-0.39, 0.29) is 24.8 Å². The molecule has 8 nitrogen and oxygen atoms in total. The molecule has 2 aromatic carbocycles. The van der Waals surface area contributed by atoms with Crippen molar-refractivity contribution in [1.29, 1.82) is 0 Å². The van der Waals surface area contributed by atoms with E-state index in [9.17, 15) is 20.0 Å². The van der Waals surface area contributed by atoms with E-state index in [0.29, 0.717) is 24.3 Å². The summed E-state index contributed by atoms with van der Waals surface area (Å²) in [5.41, 5.74) is 1.51. The first-order valence-electron chi connectivity index (χ1n) is 8.95. The number of nitrogens with zero attached hydrogens (tertiary/aromatic N) is 2. The fourth-order valence-electron chi connectivity index (χ4n) is 3.39. The van der Waals surface area contributed by atoms with Gasteiger partial charge in [-0.25, -0.2) is 4.79 Å². The van der Waals surface area contributed by atoms with E-state index in [2.05, 4.69) is 0 Å². The van der Waals surface area contributed by atoms with Crippen LogP contribution in [0.4, 0.5) is 10.5 Å². The smallest absolute Gasteiger partial charge is 0.410 e. The zero-order chi connectivity index (χ0) is 20.1. The highest BCUT2D eigenvalue weighted by molar-refractivity contribution is 5.68. The van der Waals surface area contributed by atoms with Crippen LogP contribution in [0, 0.1) is 10.1 Å². The first kappa shape index (κ1) is 19.6. The number of aliphatic hydroxyl groups is 1. The summed E-state index contributed by atoms with van der Waals surface area (Å²) in [7, 11) is 1.44. The van der Waals surface area contributed by atoms with Gasteiger partial charge in [-0.2, -0.15) is 0 Å². The molecule has 0 spiro atoms. The summed E-state index contributed by atoms with van der Waals surface area (Å²) in [6.45, 7) is 0.708. The first-order chi connectivity index (χ1) is 13.5. The Balaban J connectivity index is 1.63. The summed E-state index contributed by atoms with van der Waals surface area (Å²) in [5, 5.41) is 21.5. The third-order valence-electron chi connectivity index (χ3n) is 4.87. The number of β-amino-alcohol motifs (C(OH)–C–C–N with tert-alkyl or cyclic N) is 1. The maximum Gasteiger partial charge on any atom is 0.410 e. The third-order valence-corrected chi connectivity index (χ3v) is 4.87. The van der Waals surface area contributed by atoms with Crippen LogP contribution >= 0.6 is 0 Å². The van der Waals surface area contributed by atoms with Crippen molar-refractivity contribution < 1.29 is 24.3 Å². The van der Waals surface area contributed by atoms with Crippen molar-refractivity contribution in [3.05, 3.63) is 69.8 Å². The Morgan fingerprint density at radius 2 is 2.04 bits per heavy atom. The topological polar surface area (TPSA) is 102 Å². The van der Waals surface area contributed by atoms with Crippen LogP contribution in [0.15, 0.2) is 48.5 Å². The lowest BCUT2D eigenvalue weighted by Gasteiger charge is -2.35. The van der Waals surface area contributed by atoms with Crippen molar-refractivity contribution in [2.24, 2.45) is 0 Å². The van der Waals surface area contributed by atoms with Crippen molar-refractivity contribution in [1.82, 2.24) is 4.90 Å². The Bertz CT molecular complexity index is 842. The standard InChI is InChI=1S/C20H22N2O6/c1-27-19-11-15(22(25)26)7-8-17(19)16-9-10-21(12-18(16)23)20(24)28-13-14-5-3-2-4-6-14/h2-8,11,16,18,23H,9-10,12-13H2,1H3. The summed E-state index contributed by atoms with van der Waals surface area (Å²) in [5.74, 6) is 0.0762. The average molecular weight is 386 g/mol. The van der Waals surface area contributed by atoms with Crippen molar-refractivity contribution >= 4 is 11.8 Å². The highest BCUT2D eigenvalue weighted by Gasteiger charge is 2.33. The quantitative estimate of drug-likeness (QED) is 0.626. The number of methoxy groups -OCH3 is 1. The van der Waals surface area contributed by atoms with Crippen LogP contribution in [0.1, 0.15) is 23.5 Å². The number of carbonyl (C=O) groups is 1. The van der Waals surface area contributed by atoms with Crippen LogP contribution in [0.5, 0.6) is 5.75 Å². The lowest BCUT2D eigenvalue weighted by molar-refractivity contribution is -0.384. The Kier molecular flexibility index (Phi) is 6.10. The third kappa shape index (κ3) is 4.40. The molecule has 0 saturated carbocycles. The van der Waals surface area contributed by atoms with Gasteiger partial charge in [0.25, 0.3) is 5.69 Å². The van der Waals surface area contributed by atoms with Gasteiger partial charge in [-0.3, -0.25) is 10.1 Å². The van der Waals surface area contributed by atoms with Gasteiger partial charge >= 0.3 is 6.09 Å². The van der Waals surface area contributed by atoms with Gasteiger partial charge < -0.3 is 19.5 Å². The van der Waals surface area contributed by atoms with E-state index in [0.717, 1.165) is 5.56 Å². The molecule has 1 amide bonds. The monoisotopic (exact) mass is 386 g/mol. The molecule has 0 radical (unpaired) electrons. The number of amides is 1. The average Bonchev–Trinajstić information content (AvgIpc) is 2.72. The predicted octanol–water partition coefficient (Wildman–Crippen LogP) is 3.09. The number of nitro benzene ring substituents is 1. The summed E-state index contributed by atoms with van der Waals surface area (Å²) in [6.07, 6.45) is -0.805. The Hall–Kier alpha value is -3.13. The number of benzene rings is 2. The minimum Gasteiger partial charge on any atom is -0.496 e. The number of rotatable bonds is 5. The number of hydrogen-bond donors (Lipinski definition) is 1. The zero-order valence-electron chi connectivity index (χ0n) is 15.5. The van der Waals surface area contributed by atoms with Gasteiger partial charge in [0.15, 0.2) is 0 Å². The molecule has 0 aromatic heterocycles.